The number of nitro groups is 1. The van der Waals surface area contributed by atoms with Crippen molar-refractivity contribution in [2.75, 3.05) is 6.61 Å². The molecule has 0 unspecified atom stereocenters. The number of ether oxygens (including phenoxy) is 1. The molecule has 0 saturated heterocycles. The predicted molar refractivity (Wildman–Crippen MR) is 118 cm³/mol. The van der Waals surface area contributed by atoms with Crippen LogP contribution in [0.2, 0.25) is 0 Å². The number of nitrogens with one attached hydrogen (secondary N) is 2. The molecule has 0 aliphatic rings. The Labute approximate surface area is 186 Å². The molecule has 9 heteroatoms. The molecule has 0 heterocycles. The molecule has 0 aromatic heterocycles. The van der Waals surface area contributed by atoms with Gasteiger partial charge in [0.15, 0.2) is 0 Å². The number of benzene rings is 3. The van der Waals surface area contributed by atoms with Crippen LogP contribution in [0.1, 0.15) is 26.3 Å². The van der Waals surface area contributed by atoms with Crippen molar-refractivity contribution in [2.45, 2.75) is 6.42 Å². The van der Waals surface area contributed by atoms with Gasteiger partial charge in [-0.25, -0.2) is 0 Å². The summed E-state index contributed by atoms with van der Waals surface area (Å²) in [5.74, 6) is -1.08. The zero-order chi connectivity index (χ0) is 22.2. The summed E-state index contributed by atoms with van der Waals surface area (Å²) >= 11 is 3.31. The van der Waals surface area contributed by atoms with Crippen LogP contribution in [0.15, 0.2) is 77.3 Å². The number of hydrogen-bond donors (Lipinski definition) is 2. The number of rotatable bonds is 7. The lowest BCUT2D eigenvalue weighted by Gasteiger charge is -2.13. The second-order valence-corrected chi connectivity index (χ2v) is 7.32. The fraction of sp³-hybridized carbons (Fsp3) is 0.0909. The van der Waals surface area contributed by atoms with Crippen molar-refractivity contribution in [3.63, 3.8) is 0 Å². The largest absolute Gasteiger partial charge is 0.492 e. The van der Waals surface area contributed by atoms with Gasteiger partial charge in [-0.3, -0.25) is 30.6 Å². The molecular formula is C22H18BrN3O5. The van der Waals surface area contributed by atoms with Crippen LogP contribution < -0.4 is 15.6 Å². The van der Waals surface area contributed by atoms with Crippen LogP contribution in [0.25, 0.3) is 0 Å². The number of carbonyl (C=O) groups is 2. The van der Waals surface area contributed by atoms with E-state index in [-0.39, 0.29) is 16.8 Å². The minimum absolute atomic E-state index is 0.165. The summed E-state index contributed by atoms with van der Waals surface area (Å²) in [6.07, 6.45) is 0.659. The van der Waals surface area contributed by atoms with Crippen LogP contribution in [0.4, 0.5) is 5.69 Å². The molecule has 3 aromatic carbocycles. The van der Waals surface area contributed by atoms with Gasteiger partial charge in [0, 0.05) is 17.0 Å². The van der Waals surface area contributed by atoms with E-state index < -0.39 is 16.7 Å². The van der Waals surface area contributed by atoms with Crippen LogP contribution in [0.3, 0.4) is 0 Å². The molecule has 3 aromatic rings. The SMILES string of the molecule is O=C(NNC(=O)c1ccccc1[N+](=O)[O-])c1cc(Br)ccc1OCCc1ccccc1. The minimum Gasteiger partial charge on any atom is -0.492 e. The first-order valence-corrected chi connectivity index (χ1v) is 10.1. The Morgan fingerprint density at radius 3 is 2.26 bits per heavy atom. The average molecular weight is 484 g/mol. The number of nitro benzene ring substituents is 1. The van der Waals surface area contributed by atoms with E-state index >= 15 is 0 Å². The van der Waals surface area contributed by atoms with E-state index in [1.165, 1.54) is 24.3 Å². The fourth-order valence-electron chi connectivity index (χ4n) is 2.80. The fourth-order valence-corrected chi connectivity index (χ4v) is 3.16. The highest BCUT2D eigenvalue weighted by Crippen LogP contribution is 2.23. The van der Waals surface area contributed by atoms with Gasteiger partial charge < -0.3 is 4.74 Å². The summed E-state index contributed by atoms with van der Waals surface area (Å²) < 4.78 is 6.43. The Morgan fingerprint density at radius 1 is 0.903 bits per heavy atom. The first-order chi connectivity index (χ1) is 15.0. The zero-order valence-electron chi connectivity index (χ0n) is 16.2. The van der Waals surface area contributed by atoms with Crippen LogP contribution in [0.5, 0.6) is 5.75 Å². The van der Waals surface area contributed by atoms with Crippen molar-refractivity contribution in [1.29, 1.82) is 0 Å². The Bertz CT molecular complexity index is 1110. The highest BCUT2D eigenvalue weighted by Gasteiger charge is 2.20. The molecule has 0 aliphatic heterocycles. The molecule has 0 fully saturated rings. The second-order valence-electron chi connectivity index (χ2n) is 6.41. The number of carbonyl (C=O) groups excluding carboxylic acids is 2. The van der Waals surface area contributed by atoms with Gasteiger partial charge in [-0.15, -0.1) is 0 Å². The highest BCUT2D eigenvalue weighted by molar-refractivity contribution is 9.10. The molecule has 0 radical (unpaired) electrons. The van der Waals surface area contributed by atoms with Crippen LogP contribution in [-0.2, 0) is 6.42 Å². The molecular weight excluding hydrogens is 466 g/mol. The van der Waals surface area contributed by atoms with Crippen molar-refractivity contribution >= 4 is 33.4 Å². The Kier molecular flexibility index (Phi) is 7.34. The van der Waals surface area contributed by atoms with Crippen molar-refractivity contribution in [2.24, 2.45) is 0 Å². The maximum atomic E-state index is 12.6. The summed E-state index contributed by atoms with van der Waals surface area (Å²) in [5.41, 5.74) is 5.26. The smallest absolute Gasteiger partial charge is 0.282 e. The number of halogens is 1. The van der Waals surface area contributed by atoms with Gasteiger partial charge in [0.2, 0.25) is 0 Å². The average Bonchev–Trinajstić information content (AvgIpc) is 2.78. The molecule has 0 bridgehead atoms. The van der Waals surface area contributed by atoms with Gasteiger partial charge in [0.05, 0.1) is 17.1 Å². The molecule has 158 valence electrons. The highest BCUT2D eigenvalue weighted by atomic mass is 79.9. The van der Waals surface area contributed by atoms with Crippen molar-refractivity contribution in [3.05, 3.63) is 104 Å². The Morgan fingerprint density at radius 2 is 1.55 bits per heavy atom. The minimum atomic E-state index is -0.804. The van der Waals surface area contributed by atoms with E-state index in [0.717, 1.165) is 5.56 Å². The molecule has 0 spiro atoms. The molecule has 0 atom stereocenters. The summed E-state index contributed by atoms with van der Waals surface area (Å²) in [4.78, 5) is 35.4. The molecule has 2 amide bonds. The van der Waals surface area contributed by atoms with E-state index in [1.807, 2.05) is 30.3 Å². The number of amides is 2. The van der Waals surface area contributed by atoms with E-state index in [1.54, 1.807) is 18.2 Å². The molecule has 3 rings (SSSR count). The topological polar surface area (TPSA) is 111 Å². The summed E-state index contributed by atoms with van der Waals surface area (Å²) in [6.45, 7) is 0.356. The van der Waals surface area contributed by atoms with Gasteiger partial charge in [0.25, 0.3) is 17.5 Å². The van der Waals surface area contributed by atoms with E-state index in [0.29, 0.717) is 23.2 Å². The molecule has 0 aliphatic carbocycles. The van der Waals surface area contributed by atoms with Crippen molar-refractivity contribution < 1.29 is 19.2 Å². The number of nitrogens with zero attached hydrogens (tertiary/aromatic N) is 1. The van der Waals surface area contributed by atoms with Crippen LogP contribution >= 0.6 is 15.9 Å². The van der Waals surface area contributed by atoms with Crippen molar-refractivity contribution in [3.8, 4) is 5.75 Å². The van der Waals surface area contributed by atoms with Gasteiger partial charge in [0.1, 0.15) is 11.3 Å². The first-order valence-electron chi connectivity index (χ1n) is 9.26. The van der Waals surface area contributed by atoms with Crippen LogP contribution in [0, 0.1) is 10.1 Å². The van der Waals surface area contributed by atoms with Gasteiger partial charge in [-0.2, -0.15) is 0 Å². The van der Waals surface area contributed by atoms with Crippen molar-refractivity contribution in [1.82, 2.24) is 10.9 Å². The van der Waals surface area contributed by atoms with Gasteiger partial charge >= 0.3 is 0 Å². The summed E-state index contributed by atoms with van der Waals surface area (Å²) in [5, 5.41) is 11.1. The maximum absolute atomic E-state index is 12.6. The van der Waals surface area contributed by atoms with E-state index in [2.05, 4.69) is 26.8 Å². The molecule has 2 N–H and O–H groups in total. The monoisotopic (exact) mass is 483 g/mol. The number of hydrazine groups is 1. The lowest BCUT2D eigenvalue weighted by Crippen LogP contribution is -2.42. The third kappa shape index (κ3) is 5.89. The van der Waals surface area contributed by atoms with E-state index in [4.69, 9.17) is 4.74 Å². The van der Waals surface area contributed by atoms with Gasteiger partial charge in [-0.05, 0) is 29.8 Å². The predicted octanol–water partition coefficient (Wildman–Crippen LogP) is 4.05. The first kappa shape index (κ1) is 22.0. The lowest BCUT2D eigenvalue weighted by molar-refractivity contribution is -0.385. The number of hydrogen-bond acceptors (Lipinski definition) is 5. The summed E-state index contributed by atoms with van der Waals surface area (Å²) in [6, 6.07) is 20.2. The Hall–Kier alpha value is -3.72. The standard InChI is InChI=1S/C22H18BrN3O5/c23-16-10-11-20(31-13-12-15-6-2-1-3-7-15)18(14-16)22(28)25-24-21(27)17-8-4-5-9-19(17)26(29)30/h1-11,14H,12-13H2,(H,24,27)(H,25,28). The molecule has 31 heavy (non-hydrogen) atoms. The van der Waals surface area contributed by atoms with E-state index in [9.17, 15) is 19.7 Å². The number of para-hydroxylation sites is 1. The second kappa shape index (κ2) is 10.4. The quantitative estimate of drug-likeness (QED) is 0.388. The van der Waals surface area contributed by atoms with Gasteiger partial charge in [-0.1, -0.05) is 58.4 Å². The Balaban J connectivity index is 1.66. The van der Waals surface area contributed by atoms with Crippen LogP contribution in [-0.4, -0.2) is 23.3 Å². The third-order valence-corrected chi connectivity index (χ3v) is 4.81. The normalized spacial score (nSPS) is 10.2. The molecule has 0 saturated carbocycles. The molecule has 8 nitrogen and oxygen atoms in total. The lowest BCUT2D eigenvalue weighted by atomic mass is 10.1. The maximum Gasteiger partial charge on any atom is 0.282 e. The summed E-state index contributed by atoms with van der Waals surface area (Å²) in [7, 11) is 0. The zero-order valence-corrected chi connectivity index (χ0v) is 17.8. The third-order valence-electron chi connectivity index (χ3n) is 4.31.